The summed E-state index contributed by atoms with van der Waals surface area (Å²) in [6.07, 6.45) is 2.59. The van der Waals surface area contributed by atoms with Gasteiger partial charge in [-0.1, -0.05) is 5.06 Å². The molecule has 0 unspecified atom stereocenters. The molecular weight excluding hydrogens is 434 g/mol. The van der Waals surface area contributed by atoms with Crippen LogP contribution in [-0.2, 0) is 4.84 Å². The molecule has 182 valence electrons. The number of piperidine rings is 2. The second-order valence-corrected chi connectivity index (χ2v) is 11.9. The standard InChI is InChI=1S/C22H38ClN5O4/c1-19(2)10-14(11-20(3,4)27(19)29)31-17-24-16(23)25-18(26-17)32-15-12-21(5,6)28(30-9)22(7,8)13-15/h14-15,29H,10-13H2,1-9H3/p+1. The van der Waals surface area contributed by atoms with Crippen molar-refractivity contribution in [1.29, 1.82) is 0 Å². The minimum absolute atomic E-state index is 0.0364. The van der Waals surface area contributed by atoms with Gasteiger partial charge in [0, 0.05) is 36.8 Å². The van der Waals surface area contributed by atoms with Gasteiger partial charge in [0.15, 0.2) is 0 Å². The van der Waals surface area contributed by atoms with Gasteiger partial charge in [0.2, 0.25) is 5.28 Å². The highest BCUT2D eigenvalue weighted by Gasteiger charge is 2.50. The fraction of sp³-hybridized carbons (Fsp3) is 0.864. The molecule has 3 rings (SSSR count). The monoisotopic (exact) mass is 472 g/mol. The second-order valence-electron chi connectivity index (χ2n) is 11.5. The molecule has 2 fully saturated rings. The topological polar surface area (TPSA) is 95.7 Å². The van der Waals surface area contributed by atoms with Crippen LogP contribution in [-0.4, -0.2) is 71.8 Å². The Hall–Kier alpha value is -1.26. The molecule has 3 heterocycles. The molecule has 0 amide bonds. The van der Waals surface area contributed by atoms with E-state index in [0.29, 0.717) is 12.8 Å². The molecule has 2 aliphatic rings. The van der Waals surface area contributed by atoms with Crippen molar-refractivity contribution in [1.82, 2.24) is 25.1 Å². The van der Waals surface area contributed by atoms with Crippen LogP contribution in [0.1, 0.15) is 81.1 Å². The quantitative estimate of drug-likeness (QED) is 0.600. The molecule has 0 radical (unpaired) electrons. The number of halogens is 1. The number of hydroxylamine groups is 4. The van der Waals surface area contributed by atoms with Crippen LogP contribution in [0.15, 0.2) is 0 Å². The van der Waals surface area contributed by atoms with Crippen LogP contribution in [0.5, 0.6) is 12.0 Å². The molecule has 0 atom stereocenters. The average molecular weight is 473 g/mol. The first-order valence-corrected chi connectivity index (χ1v) is 11.5. The zero-order valence-corrected chi connectivity index (χ0v) is 21.6. The van der Waals surface area contributed by atoms with E-state index in [9.17, 15) is 0 Å². The summed E-state index contributed by atoms with van der Waals surface area (Å²) in [6, 6.07) is 0.321. The maximum Gasteiger partial charge on any atom is 0.324 e. The van der Waals surface area contributed by atoms with Crippen LogP contribution >= 0.6 is 11.6 Å². The fourth-order valence-electron chi connectivity index (χ4n) is 5.74. The predicted octanol–water partition coefficient (Wildman–Crippen LogP) is 3.53. The van der Waals surface area contributed by atoms with E-state index in [0.717, 1.165) is 12.8 Å². The molecule has 2 saturated heterocycles. The normalized spacial score (nSPS) is 26.1. The van der Waals surface area contributed by atoms with Gasteiger partial charge in [-0.3, -0.25) is 0 Å². The largest absolute Gasteiger partial charge is 0.460 e. The highest BCUT2D eigenvalue weighted by Crippen LogP contribution is 2.40. The minimum atomic E-state index is -0.338. The molecule has 2 N–H and O–H groups in total. The van der Waals surface area contributed by atoms with E-state index < -0.39 is 0 Å². The average Bonchev–Trinajstić information content (AvgIpc) is 2.56. The number of hydrogen-bond acceptors (Lipinski definition) is 8. The van der Waals surface area contributed by atoms with E-state index in [-0.39, 0.29) is 51.7 Å². The molecule has 32 heavy (non-hydrogen) atoms. The summed E-state index contributed by atoms with van der Waals surface area (Å²) >= 11 is 6.19. The van der Waals surface area contributed by atoms with Crippen molar-refractivity contribution < 1.29 is 19.5 Å². The lowest BCUT2D eigenvalue weighted by Crippen LogP contribution is -2.62. The Morgan fingerprint density at radius 3 is 1.50 bits per heavy atom. The van der Waals surface area contributed by atoms with E-state index in [1.165, 1.54) is 0 Å². The summed E-state index contributed by atoms with van der Waals surface area (Å²) in [5, 5.41) is 12.2. The van der Waals surface area contributed by atoms with Crippen LogP contribution in [0.4, 0.5) is 0 Å². The molecule has 1 aromatic heterocycles. The summed E-state index contributed by atoms with van der Waals surface area (Å²) in [5.41, 5.74) is -1.12. The number of rotatable bonds is 5. The minimum Gasteiger partial charge on any atom is -0.460 e. The molecule has 1 aromatic rings. The van der Waals surface area contributed by atoms with Gasteiger partial charge in [-0.2, -0.15) is 15.0 Å². The summed E-state index contributed by atoms with van der Waals surface area (Å²) < 4.78 is 12.3. The third kappa shape index (κ3) is 5.28. The van der Waals surface area contributed by atoms with Crippen LogP contribution in [0, 0.1) is 0 Å². The van der Waals surface area contributed by atoms with Crippen molar-refractivity contribution in [2.75, 3.05) is 7.11 Å². The van der Waals surface area contributed by atoms with Crippen molar-refractivity contribution in [3.8, 4) is 12.0 Å². The van der Waals surface area contributed by atoms with Crippen LogP contribution in [0.2, 0.25) is 5.28 Å². The number of aromatic nitrogens is 3. The lowest BCUT2D eigenvalue weighted by molar-refractivity contribution is -0.275. The molecular formula is C22H39ClN5O4+. The fourth-order valence-corrected chi connectivity index (χ4v) is 5.88. The van der Waals surface area contributed by atoms with Gasteiger partial charge in [0.25, 0.3) is 0 Å². The van der Waals surface area contributed by atoms with E-state index in [1.54, 1.807) is 12.2 Å². The zero-order chi connectivity index (χ0) is 24.1. The van der Waals surface area contributed by atoms with E-state index in [4.69, 9.17) is 31.1 Å². The smallest absolute Gasteiger partial charge is 0.324 e. The third-order valence-corrected chi connectivity index (χ3v) is 6.68. The van der Waals surface area contributed by atoms with Crippen molar-refractivity contribution in [2.45, 2.75) is 115 Å². The van der Waals surface area contributed by atoms with Crippen LogP contribution in [0.3, 0.4) is 0 Å². The van der Waals surface area contributed by atoms with E-state index >= 15 is 0 Å². The molecule has 10 heteroatoms. The number of nitrogens with zero attached hydrogens (tertiary/aromatic N) is 5. The van der Waals surface area contributed by atoms with Gasteiger partial charge in [-0.15, -0.1) is 4.98 Å². The highest BCUT2D eigenvalue weighted by atomic mass is 35.5. The Bertz CT molecular complexity index is 797. The molecule has 2 aliphatic heterocycles. The van der Waals surface area contributed by atoms with Crippen LogP contribution < -0.4 is 9.47 Å². The van der Waals surface area contributed by atoms with Crippen molar-refractivity contribution in [3.05, 3.63) is 5.28 Å². The summed E-state index contributed by atoms with van der Waals surface area (Å²) in [5.74, 6) is 0. The lowest BCUT2D eigenvalue weighted by atomic mass is 9.80. The summed E-state index contributed by atoms with van der Waals surface area (Å²) in [4.78, 5) is 18.4. The first-order chi connectivity index (χ1) is 14.6. The highest BCUT2D eigenvalue weighted by molar-refractivity contribution is 6.28. The van der Waals surface area contributed by atoms with Crippen molar-refractivity contribution >= 4 is 11.6 Å². The molecule has 0 saturated carbocycles. The second kappa shape index (κ2) is 8.51. The molecule has 0 aromatic carbocycles. The summed E-state index contributed by atoms with van der Waals surface area (Å²) in [7, 11) is 1.70. The van der Waals surface area contributed by atoms with Gasteiger partial charge in [0.05, 0.1) is 18.2 Å². The van der Waals surface area contributed by atoms with Gasteiger partial charge in [-0.05, 0) is 67.0 Å². The maximum absolute atomic E-state index is 8.43. The van der Waals surface area contributed by atoms with E-state index in [1.807, 2.05) is 32.8 Å². The molecule has 9 nitrogen and oxygen atoms in total. The Balaban J connectivity index is 1.76. The third-order valence-electron chi connectivity index (χ3n) is 6.51. The Kier molecular flexibility index (Phi) is 6.74. The van der Waals surface area contributed by atoms with Crippen molar-refractivity contribution in [3.63, 3.8) is 0 Å². The first-order valence-electron chi connectivity index (χ1n) is 11.2. The maximum atomic E-state index is 8.43. The summed E-state index contributed by atoms with van der Waals surface area (Å²) in [6.45, 7) is 16.7. The van der Waals surface area contributed by atoms with Gasteiger partial charge >= 0.3 is 12.0 Å². The van der Waals surface area contributed by atoms with Gasteiger partial charge in [-0.25, -0.2) is 0 Å². The SMILES string of the molecule is CON1C(C)(C)CC(Oc2nc(Cl)nc(OC3CC(C)(C)N([OH2+])C(C)(C)C3)n2)CC1(C)C. The van der Waals surface area contributed by atoms with Crippen molar-refractivity contribution in [2.24, 2.45) is 0 Å². The molecule has 0 aliphatic carbocycles. The Labute approximate surface area is 196 Å². The predicted molar refractivity (Wildman–Crippen MR) is 123 cm³/mol. The number of ether oxygens (including phenoxy) is 2. The Morgan fingerprint density at radius 1 is 0.750 bits per heavy atom. The molecule has 0 spiro atoms. The number of hydrogen-bond donors (Lipinski definition) is 0. The van der Waals surface area contributed by atoms with Gasteiger partial charge in [0.1, 0.15) is 12.2 Å². The van der Waals surface area contributed by atoms with Crippen LogP contribution in [0.25, 0.3) is 0 Å². The first kappa shape index (κ1) is 25.4. The lowest BCUT2D eigenvalue weighted by Gasteiger charge is -2.52. The molecule has 0 bridgehead atoms. The zero-order valence-electron chi connectivity index (χ0n) is 20.8. The Morgan fingerprint density at radius 2 is 1.12 bits per heavy atom. The van der Waals surface area contributed by atoms with E-state index in [2.05, 4.69) is 42.6 Å². The van der Waals surface area contributed by atoms with Gasteiger partial charge < -0.3 is 19.5 Å².